The van der Waals surface area contributed by atoms with Crippen molar-refractivity contribution in [2.75, 3.05) is 7.11 Å². The molecule has 0 amide bonds. The summed E-state index contributed by atoms with van der Waals surface area (Å²) in [7, 11) is 1.01. The van der Waals surface area contributed by atoms with Crippen LogP contribution in [0.15, 0.2) is 24.3 Å². The van der Waals surface area contributed by atoms with Crippen molar-refractivity contribution in [3.63, 3.8) is 0 Å². The van der Waals surface area contributed by atoms with E-state index >= 15 is 0 Å². The fraction of sp³-hybridized carbons (Fsp3) is 0.452. The second-order valence-electron chi connectivity index (χ2n) is 12.4. The first-order valence-corrected chi connectivity index (χ1v) is 14.3. The Bertz CT molecular complexity index is 1760. The van der Waals surface area contributed by atoms with Gasteiger partial charge in [-0.05, 0) is 42.5 Å². The Kier molecular flexibility index (Phi) is 5.85. The number of ketones is 3. The number of hydrogen-bond donors (Lipinski definition) is 5. The number of rotatable bonds is 2. The standard InChI is InChI=1S/C31H28O14/c1-10-8-14(32)20-23(35)18-15(44-29(20,24(10)36)27(39)42-3)6-4-12(21(18)33)13-5-7-16-19(22(13)34)26(38)30(41)17-9-11(2)25(37)31(30,45-16)28(40)43-17/h4-7,10-11,17,20,24-25,33-34,36-37,41H,8-9H2,1-3H3. The zero-order valence-corrected chi connectivity index (χ0v) is 24.1. The highest BCUT2D eigenvalue weighted by atomic mass is 16.6. The molecule has 45 heavy (non-hydrogen) atoms. The largest absolute Gasteiger partial charge is 0.506 e. The lowest BCUT2D eigenvalue weighted by molar-refractivity contribution is -0.192. The minimum absolute atomic E-state index is 0.0653. The molecule has 236 valence electrons. The first-order chi connectivity index (χ1) is 21.2. The average molecular weight is 625 g/mol. The third-order valence-electron chi connectivity index (χ3n) is 10.1. The molecule has 9 unspecified atom stereocenters. The molecule has 14 heteroatoms. The molecule has 2 aromatic rings. The molecule has 2 aromatic carbocycles. The van der Waals surface area contributed by atoms with E-state index in [1.165, 1.54) is 31.2 Å². The van der Waals surface area contributed by atoms with Crippen LogP contribution in [-0.2, 0) is 23.9 Å². The van der Waals surface area contributed by atoms with E-state index in [1.807, 2.05) is 0 Å². The summed E-state index contributed by atoms with van der Waals surface area (Å²) in [6.07, 6.45) is -4.92. The Balaban J connectivity index is 1.37. The van der Waals surface area contributed by atoms with Crippen molar-refractivity contribution in [3.05, 3.63) is 35.4 Å². The van der Waals surface area contributed by atoms with Crippen molar-refractivity contribution in [3.8, 4) is 34.1 Å². The number of phenolic OH excluding ortho intramolecular Hbond substituents is 2. The molecule has 14 nitrogen and oxygen atoms in total. The number of hydrogen-bond acceptors (Lipinski definition) is 14. The monoisotopic (exact) mass is 624 g/mol. The normalized spacial score (nSPS) is 37.7. The Labute approximate surface area is 254 Å². The van der Waals surface area contributed by atoms with Gasteiger partial charge in [-0.25, -0.2) is 9.59 Å². The topological polar surface area (TPSA) is 223 Å². The molecule has 0 aromatic heterocycles. The minimum Gasteiger partial charge on any atom is -0.506 e. The summed E-state index contributed by atoms with van der Waals surface area (Å²) < 4.78 is 21.8. The van der Waals surface area contributed by atoms with Crippen LogP contribution in [0.4, 0.5) is 0 Å². The molecule has 7 rings (SSSR count). The predicted molar refractivity (Wildman–Crippen MR) is 146 cm³/mol. The van der Waals surface area contributed by atoms with E-state index in [9.17, 15) is 49.5 Å². The van der Waals surface area contributed by atoms with E-state index in [2.05, 4.69) is 0 Å². The zero-order chi connectivity index (χ0) is 32.5. The van der Waals surface area contributed by atoms with E-state index in [4.69, 9.17) is 18.9 Å². The number of benzene rings is 2. The van der Waals surface area contributed by atoms with Crippen LogP contribution in [0.1, 0.15) is 47.4 Å². The minimum atomic E-state index is -2.68. The summed E-state index contributed by atoms with van der Waals surface area (Å²) >= 11 is 0. The molecule has 2 saturated carbocycles. The molecular weight excluding hydrogens is 596 g/mol. The van der Waals surface area contributed by atoms with Gasteiger partial charge in [0.15, 0.2) is 5.78 Å². The number of phenols is 2. The highest BCUT2D eigenvalue weighted by Crippen LogP contribution is 2.58. The Morgan fingerprint density at radius 1 is 0.889 bits per heavy atom. The van der Waals surface area contributed by atoms with Gasteiger partial charge in [-0.2, -0.15) is 0 Å². The van der Waals surface area contributed by atoms with Crippen LogP contribution in [0, 0.1) is 17.8 Å². The van der Waals surface area contributed by atoms with Gasteiger partial charge in [0.2, 0.25) is 17.0 Å². The van der Waals surface area contributed by atoms with Gasteiger partial charge in [0.05, 0.1) is 7.11 Å². The molecule has 5 N–H and O–H groups in total. The van der Waals surface area contributed by atoms with Crippen molar-refractivity contribution >= 4 is 29.3 Å². The van der Waals surface area contributed by atoms with Crippen LogP contribution in [0.5, 0.6) is 23.0 Å². The maximum atomic E-state index is 13.9. The number of aliphatic hydroxyl groups excluding tert-OH is 2. The van der Waals surface area contributed by atoms with Crippen molar-refractivity contribution in [1.82, 2.24) is 0 Å². The second kappa shape index (κ2) is 9.02. The fourth-order valence-electron chi connectivity index (χ4n) is 7.80. The quantitative estimate of drug-likeness (QED) is 0.223. The molecular formula is C31H28O14. The van der Waals surface area contributed by atoms with Gasteiger partial charge in [-0.3, -0.25) is 14.4 Å². The molecule has 0 radical (unpaired) electrons. The molecule has 2 aliphatic carbocycles. The number of carbonyl (C=O) groups excluding carboxylic acids is 5. The van der Waals surface area contributed by atoms with E-state index < -0.39 is 105 Å². The molecule has 9 atom stereocenters. The Morgan fingerprint density at radius 2 is 1.49 bits per heavy atom. The summed E-state index contributed by atoms with van der Waals surface area (Å²) in [5, 5.41) is 56.4. The third kappa shape index (κ3) is 3.16. The van der Waals surface area contributed by atoms with Crippen LogP contribution in [-0.4, -0.2) is 97.0 Å². The Hall–Kier alpha value is -4.53. The van der Waals surface area contributed by atoms with E-state index in [0.717, 1.165) is 7.11 Å². The second-order valence-corrected chi connectivity index (χ2v) is 12.4. The van der Waals surface area contributed by atoms with Gasteiger partial charge in [0.25, 0.3) is 5.60 Å². The summed E-state index contributed by atoms with van der Waals surface area (Å²) in [5.74, 6) is -10.6. The molecule has 3 aliphatic heterocycles. The average Bonchev–Trinajstić information content (AvgIpc) is 3.15. The first kappa shape index (κ1) is 29.2. The van der Waals surface area contributed by atoms with E-state index in [1.54, 1.807) is 6.92 Å². The van der Waals surface area contributed by atoms with Gasteiger partial charge in [-0.1, -0.05) is 13.8 Å². The van der Waals surface area contributed by atoms with Gasteiger partial charge in [0, 0.05) is 17.5 Å². The van der Waals surface area contributed by atoms with Crippen molar-refractivity contribution in [2.45, 2.75) is 61.8 Å². The summed E-state index contributed by atoms with van der Waals surface area (Å²) in [6, 6.07) is 4.79. The van der Waals surface area contributed by atoms with Crippen LogP contribution in [0.25, 0.3) is 11.1 Å². The Morgan fingerprint density at radius 3 is 2.11 bits per heavy atom. The van der Waals surface area contributed by atoms with Gasteiger partial charge in [-0.15, -0.1) is 0 Å². The number of ether oxygens (including phenoxy) is 4. The third-order valence-corrected chi connectivity index (χ3v) is 10.1. The van der Waals surface area contributed by atoms with Crippen molar-refractivity contribution in [1.29, 1.82) is 0 Å². The van der Waals surface area contributed by atoms with Gasteiger partial charge < -0.3 is 44.5 Å². The van der Waals surface area contributed by atoms with Crippen LogP contribution in [0.2, 0.25) is 0 Å². The number of aromatic hydroxyl groups is 2. The molecule has 0 spiro atoms. The number of esters is 2. The smallest absolute Gasteiger partial charge is 0.357 e. The van der Waals surface area contributed by atoms with Crippen LogP contribution in [0.3, 0.4) is 0 Å². The number of methoxy groups -OCH3 is 1. The summed E-state index contributed by atoms with van der Waals surface area (Å²) in [4.78, 5) is 66.8. The first-order valence-electron chi connectivity index (χ1n) is 14.3. The molecule has 5 aliphatic rings. The molecule has 3 heterocycles. The van der Waals surface area contributed by atoms with Gasteiger partial charge in [0.1, 0.15) is 64.1 Å². The summed E-state index contributed by atoms with van der Waals surface area (Å²) in [6.45, 7) is 3.11. The van der Waals surface area contributed by atoms with Crippen LogP contribution >= 0.6 is 0 Å². The van der Waals surface area contributed by atoms with Gasteiger partial charge >= 0.3 is 11.9 Å². The van der Waals surface area contributed by atoms with E-state index in [0.29, 0.717) is 0 Å². The van der Waals surface area contributed by atoms with E-state index in [-0.39, 0.29) is 35.5 Å². The predicted octanol–water partition coefficient (Wildman–Crippen LogP) is 0.209. The molecule has 2 bridgehead atoms. The van der Waals surface area contributed by atoms with Crippen LogP contribution < -0.4 is 9.47 Å². The lowest BCUT2D eigenvalue weighted by Crippen LogP contribution is -2.76. The fourth-order valence-corrected chi connectivity index (χ4v) is 7.80. The summed E-state index contributed by atoms with van der Waals surface area (Å²) in [5.41, 5.74) is -9.03. The van der Waals surface area contributed by atoms with Crippen molar-refractivity contribution in [2.24, 2.45) is 17.8 Å². The maximum Gasteiger partial charge on any atom is 0.357 e. The number of fused-ring (bicyclic) bond motifs is 3. The zero-order valence-electron chi connectivity index (χ0n) is 24.1. The highest BCUT2D eigenvalue weighted by Gasteiger charge is 2.81. The maximum absolute atomic E-state index is 13.9. The lowest BCUT2D eigenvalue weighted by Gasteiger charge is -2.49. The molecule has 3 fully saturated rings. The van der Waals surface area contributed by atoms with Crippen molar-refractivity contribution < 1.29 is 68.5 Å². The lowest BCUT2D eigenvalue weighted by atomic mass is 9.62. The number of Topliss-reactive ketones (excluding diaryl/α,β-unsaturated/α-hetero) is 3. The molecule has 1 saturated heterocycles. The number of aliphatic hydroxyl groups is 3. The number of carbonyl (C=O) groups is 5. The SMILES string of the molecule is COC(=O)C12Oc3ccc(-c4ccc5c(c4O)C(=O)C4(O)C6CC(C)C(O)C4(O5)C(=O)O6)c(O)c3C(=O)C1C(=O)CC(C)C2O. The highest BCUT2D eigenvalue weighted by molar-refractivity contribution is 6.20.